The van der Waals surface area contributed by atoms with Crippen LogP contribution in [0, 0.1) is 0 Å². The lowest BCUT2D eigenvalue weighted by Crippen LogP contribution is -2.36. The zero-order valence-electron chi connectivity index (χ0n) is 6.92. The Morgan fingerprint density at radius 3 is 3.18 bits per heavy atom. The van der Waals surface area contributed by atoms with E-state index in [0.29, 0.717) is 0 Å². The van der Waals surface area contributed by atoms with E-state index in [-0.39, 0.29) is 6.23 Å². The number of dihydropyridines is 1. The monoisotopic (exact) mass is 154 g/mol. The van der Waals surface area contributed by atoms with Gasteiger partial charge >= 0.3 is 0 Å². The number of methoxy groups -OCH3 is 1. The van der Waals surface area contributed by atoms with Crippen LogP contribution in [0.3, 0.4) is 0 Å². The molecule has 0 spiro atoms. The normalized spacial score (nSPS) is 22.4. The summed E-state index contributed by atoms with van der Waals surface area (Å²) in [6, 6.07) is 0. The predicted octanol–water partition coefficient (Wildman–Crippen LogP) is 0.569. The third-order valence-electron chi connectivity index (χ3n) is 1.52. The smallest absolute Gasteiger partial charge is 0.167 e. The predicted molar refractivity (Wildman–Crippen MR) is 44.8 cm³/mol. The summed E-state index contributed by atoms with van der Waals surface area (Å²) in [5.41, 5.74) is 1.08. The van der Waals surface area contributed by atoms with Crippen molar-refractivity contribution < 1.29 is 4.74 Å². The molecule has 0 aliphatic carbocycles. The average Bonchev–Trinajstić information content (AvgIpc) is 2.06. The molecule has 0 fully saturated rings. The van der Waals surface area contributed by atoms with E-state index in [1.54, 1.807) is 7.11 Å². The number of hydrogen-bond acceptors (Lipinski definition) is 3. The van der Waals surface area contributed by atoms with E-state index in [9.17, 15) is 0 Å². The molecular weight excluding hydrogens is 140 g/mol. The highest BCUT2D eigenvalue weighted by Gasteiger charge is 2.11. The first kappa shape index (κ1) is 8.14. The van der Waals surface area contributed by atoms with E-state index < -0.39 is 0 Å². The van der Waals surface area contributed by atoms with Crippen LogP contribution in [0.2, 0.25) is 0 Å². The number of ether oxygens (including phenoxy) is 1. The fourth-order valence-corrected chi connectivity index (χ4v) is 1.02. The van der Waals surface area contributed by atoms with Crippen LogP contribution >= 0.6 is 0 Å². The van der Waals surface area contributed by atoms with Crippen LogP contribution in [0.5, 0.6) is 0 Å². The van der Waals surface area contributed by atoms with Gasteiger partial charge < -0.3 is 15.4 Å². The molecule has 0 bridgehead atoms. The van der Waals surface area contributed by atoms with Gasteiger partial charge in [-0.2, -0.15) is 0 Å². The Bertz CT molecular complexity index is 175. The van der Waals surface area contributed by atoms with Crippen molar-refractivity contribution in [3.05, 3.63) is 24.0 Å². The molecule has 3 heteroatoms. The number of rotatable bonds is 3. The first-order valence-corrected chi connectivity index (χ1v) is 3.78. The minimum atomic E-state index is -0.0139. The molecule has 3 nitrogen and oxygen atoms in total. The number of likely N-dealkylation sites (N-methyl/N-ethyl adjacent to an activating group) is 1. The van der Waals surface area contributed by atoms with E-state index in [4.69, 9.17) is 4.74 Å². The van der Waals surface area contributed by atoms with Crippen molar-refractivity contribution in [1.82, 2.24) is 10.6 Å². The molecule has 62 valence electrons. The summed E-state index contributed by atoms with van der Waals surface area (Å²) in [5.74, 6) is 0. The van der Waals surface area contributed by atoms with Crippen molar-refractivity contribution in [2.45, 2.75) is 13.2 Å². The van der Waals surface area contributed by atoms with Gasteiger partial charge in [-0.3, -0.25) is 0 Å². The zero-order chi connectivity index (χ0) is 8.10. The molecule has 0 aromatic carbocycles. The molecule has 0 aromatic rings. The van der Waals surface area contributed by atoms with E-state index in [0.717, 1.165) is 12.2 Å². The Morgan fingerprint density at radius 2 is 2.55 bits per heavy atom. The van der Waals surface area contributed by atoms with Crippen molar-refractivity contribution in [3.63, 3.8) is 0 Å². The molecule has 2 N–H and O–H groups in total. The second kappa shape index (κ2) is 4.03. The Hall–Kier alpha value is -0.960. The highest BCUT2D eigenvalue weighted by molar-refractivity contribution is 5.19. The minimum Gasteiger partial charge on any atom is -0.385 e. The van der Waals surface area contributed by atoms with Gasteiger partial charge in [0.1, 0.15) is 0 Å². The number of nitrogens with one attached hydrogen (secondary N) is 2. The van der Waals surface area contributed by atoms with E-state index >= 15 is 0 Å². The molecule has 0 amide bonds. The molecule has 1 aliphatic heterocycles. The van der Waals surface area contributed by atoms with Crippen LogP contribution in [0.4, 0.5) is 0 Å². The molecule has 1 rings (SSSR count). The van der Waals surface area contributed by atoms with E-state index in [2.05, 4.69) is 17.6 Å². The Morgan fingerprint density at radius 1 is 1.73 bits per heavy atom. The maximum Gasteiger partial charge on any atom is 0.167 e. The maximum absolute atomic E-state index is 5.16. The molecule has 0 aromatic heterocycles. The van der Waals surface area contributed by atoms with Crippen LogP contribution in [0.1, 0.15) is 6.92 Å². The molecular formula is C8H14N2O. The molecule has 1 atom stereocenters. The lowest BCUT2D eigenvalue weighted by atomic mass is 10.3. The van der Waals surface area contributed by atoms with Gasteiger partial charge in [-0.1, -0.05) is 0 Å². The SMILES string of the molecule is CCNC1=CC=CNC1OC. The lowest BCUT2D eigenvalue weighted by molar-refractivity contribution is 0.108. The molecule has 0 radical (unpaired) electrons. The number of hydrogen-bond donors (Lipinski definition) is 2. The highest BCUT2D eigenvalue weighted by Crippen LogP contribution is 2.03. The minimum absolute atomic E-state index is 0.0139. The van der Waals surface area contributed by atoms with Crippen LogP contribution in [-0.2, 0) is 4.74 Å². The third-order valence-corrected chi connectivity index (χ3v) is 1.52. The second-order valence-electron chi connectivity index (χ2n) is 2.29. The summed E-state index contributed by atoms with van der Waals surface area (Å²) in [7, 11) is 1.68. The summed E-state index contributed by atoms with van der Waals surface area (Å²) >= 11 is 0. The largest absolute Gasteiger partial charge is 0.385 e. The second-order valence-corrected chi connectivity index (χ2v) is 2.29. The molecule has 1 unspecified atom stereocenters. The van der Waals surface area contributed by atoms with Gasteiger partial charge in [0, 0.05) is 13.7 Å². The summed E-state index contributed by atoms with van der Waals surface area (Å²) in [5, 5.41) is 6.28. The lowest BCUT2D eigenvalue weighted by Gasteiger charge is -2.22. The van der Waals surface area contributed by atoms with Crippen LogP contribution in [0.25, 0.3) is 0 Å². The van der Waals surface area contributed by atoms with Crippen molar-refractivity contribution in [3.8, 4) is 0 Å². The van der Waals surface area contributed by atoms with Gasteiger partial charge in [0.2, 0.25) is 0 Å². The summed E-state index contributed by atoms with van der Waals surface area (Å²) in [6.07, 6.45) is 5.82. The maximum atomic E-state index is 5.16. The van der Waals surface area contributed by atoms with Crippen LogP contribution in [-0.4, -0.2) is 19.9 Å². The van der Waals surface area contributed by atoms with Crippen LogP contribution < -0.4 is 10.6 Å². The summed E-state index contributed by atoms with van der Waals surface area (Å²) in [4.78, 5) is 0. The fraction of sp³-hybridized carbons (Fsp3) is 0.500. The Balaban J connectivity index is 2.55. The fourth-order valence-electron chi connectivity index (χ4n) is 1.02. The molecule has 0 saturated carbocycles. The first-order valence-electron chi connectivity index (χ1n) is 3.78. The van der Waals surface area contributed by atoms with Crippen LogP contribution in [0.15, 0.2) is 24.0 Å². The van der Waals surface area contributed by atoms with Crippen molar-refractivity contribution in [2.24, 2.45) is 0 Å². The summed E-state index contributed by atoms with van der Waals surface area (Å²) in [6.45, 7) is 2.98. The van der Waals surface area contributed by atoms with E-state index in [1.165, 1.54) is 0 Å². The Labute approximate surface area is 67.1 Å². The molecule has 1 aliphatic rings. The zero-order valence-corrected chi connectivity index (χ0v) is 6.92. The highest BCUT2D eigenvalue weighted by atomic mass is 16.5. The standard InChI is InChI=1S/C8H14N2O/c1-3-9-7-5-4-6-10-8(7)11-2/h4-6,8-10H,3H2,1-2H3. The van der Waals surface area contributed by atoms with Gasteiger partial charge in [0.05, 0.1) is 5.70 Å². The third kappa shape index (κ3) is 1.98. The van der Waals surface area contributed by atoms with Gasteiger partial charge in [-0.05, 0) is 25.3 Å². The van der Waals surface area contributed by atoms with E-state index in [1.807, 2.05) is 18.4 Å². The van der Waals surface area contributed by atoms with Crippen molar-refractivity contribution in [2.75, 3.05) is 13.7 Å². The van der Waals surface area contributed by atoms with Gasteiger partial charge in [-0.25, -0.2) is 0 Å². The Kier molecular flexibility index (Phi) is 2.98. The topological polar surface area (TPSA) is 33.3 Å². The van der Waals surface area contributed by atoms with Gasteiger partial charge in [-0.15, -0.1) is 0 Å². The van der Waals surface area contributed by atoms with Crippen molar-refractivity contribution in [1.29, 1.82) is 0 Å². The van der Waals surface area contributed by atoms with Gasteiger partial charge in [0.25, 0.3) is 0 Å². The quantitative estimate of drug-likeness (QED) is 0.623. The van der Waals surface area contributed by atoms with Crippen molar-refractivity contribution >= 4 is 0 Å². The first-order chi connectivity index (χ1) is 5.38. The van der Waals surface area contributed by atoms with Gasteiger partial charge in [0.15, 0.2) is 6.23 Å². The average molecular weight is 154 g/mol. The number of allylic oxidation sites excluding steroid dienone is 2. The molecule has 0 saturated heterocycles. The molecule has 11 heavy (non-hydrogen) atoms. The summed E-state index contributed by atoms with van der Waals surface area (Å²) < 4.78 is 5.16. The molecule has 1 heterocycles.